The Balaban J connectivity index is 1.60. The van der Waals surface area contributed by atoms with Crippen LogP contribution in [0.15, 0.2) is 48.5 Å². The van der Waals surface area contributed by atoms with Gasteiger partial charge in [0.2, 0.25) is 0 Å². The lowest BCUT2D eigenvalue weighted by molar-refractivity contribution is 0.0713. The third-order valence-electron chi connectivity index (χ3n) is 4.46. The number of hydrogen-bond acceptors (Lipinski definition) is 3. The van der Waals surface area contributed by atoms with Gasteiger partial charge in [0, 0.05) is 19.1 Å². The smallest absolute Gasteiger partial charge is 0.257 e. The molecule has 1 heterocycles. The molecule has 4 heteroatoms. The van der Waals surface area contributed by atoms with Crippen LogP contribution in [0.1, 0.15) is 40.4 Å². The highest BCUT2D eigenvalue weighted by molar-refractivity contribution is 5.97. The summed E-state index contributed by atoms with van der Waals surface area (Å²) in [7, 11) is 0. The third kappa shape index (κ3) is 2.82. The molecule has 2 aromatic carbocycles. The Morgan fingerprint density at radius 2 is 1.83 bits per heavy atom. The molecule has 0 saturated heterocycles. The van der Waals surface area contributed by atoms with Crippen molar-refractivity contribution in [3.05, 3.63) is 65.2 Å². The zero-order chi connectivity index (χ0) is 15.8. The molecule has 0 aromatic heterocycles. The van der Waals surface area contributed by atoms with E-state index in [4.69, 9.17) is 10.5 Å². The van der Waals surface area contributed by atoms with Gasteiger partial charge in [0.25, 0.3) is 5.91 Å². The van der Waals surface area contributed by atoms with Crippen molar-refractivity contribution in [3.63, 3.8) is 0 Å². The van der Waals surface area contributed by atoms with Gasteiger partial charge in [-0.25, -0.2) is 0 Å². The van der Waals surface area contributed by atoms with Crippen LogP contribution in [-0.2, 0) is 6.54 Å². The van der Waals surface area contributed by atoms with Gasteiger partial charge >= 0.3 is 0 Å². The van der Waals surface area contributed by atoms with E-state index in [-0.39, 0.29) is 18.1 Å². The molecule has 4 rings (SSSR count). The molecule has 1 unspecified atom stereocenters. The van der Waals surface area contributed by atoms with Gasteiger partial charge in [-0.3, -0.25) is 4.79 Å². The summed E-state index contributed by atoms with van der Waals surface area (Å²) in [5.41, 5.74) is 9.15. The summed E-state index contributed by atoms with van der Waals surface area (Å²) in [5, 5.41) is 0. The molecule has 4 nitrogen and oxygen atoms in total. The Morgan fingerprint density at radius 3 is 2.65 bits per heavy atom. The van der Waals surface area contributed by atoms with Gasteiger partial charge in [-0.2, -0.15) is 0 Å². The van der Waals surface area contributed by atoms with Gasteiger partial charge in [0.1, 0.15) is 5.75 Å². The predicted molar refractivity (Wildman–Crippen MR) is 88.2 cm³/mol. The van der Waals surface area contributed by atoms with E-state index in [9.17, 15) is 4.79 Å². The molecule has 2 N–H and O–H groups in total. The molecule has 1 saturated carbocycles. The van der Waals surface area contributed by atoms with Crippen molar-refractivity contribution in [2.24, 2.45) is 5.73 Å². The number of ether oxygens (including phenoxy) is 1. The lowest BCUT2D eigenvalue weighted by Gasteiger charge is -2.33. The van der Waals surface area contributed by atoms with E-state index in [1.54, 1.807) is 0 Å². The highest BCUT2D eigenvalue weighted by Gasteiger charge is 2.30. The van der Waals surface area contributed by atoms with Crippen LogP contribution in [0.25, 0.3) is 0 Å². The SMILES string of the molecule is NC1CN(C(=O)c2ccccc2OC2CC2)Cc2ccccc21. The Bertz CT molecular complexity index is 740. The number of nitrogens with two attached hydrogens (primary N) is 1. The van der Waals surface area contributed by atoms with Crippen LogP contribution in [0.5, 0.6) is 5.75 Å². The van der Waals surface area contributed by atoms with Crippen LogP contribution >= 0.6 is 0 Å². The van der Waals surface area contributed by atoms with Crippen molar-refractivity contribution in [1.82, 2.24) is 4.90 Å². The van der Waals surface area contributed by atoms with Crippen molar-refractivity contribution in [1.29, 1.82) is 0 Å². The molecule has 1 aliphatic carbocycles. The number of nitrogens with zero attached hydrogens (tertiary/aromatic N) is 1. The van der Waals surface area contributed by atoms with E-state index in [0.29, 0.717) is 24.4 Å². The van der Waals surface area contributed by atoms with Gasteiger partial charge in [-0.05, 0) is 36.1 Å². The number of amides is 1. The first kappa shape index (κ1) is 14.3. The van der Waals surface area contributed by atoms with Crippen LogP contribution < -0.4 is 10.5 Å². The second-order valence-electron chi connectivity index (χ2n) is 6.30. The second kappa shape index (κ2) is 5.70. The normalized spacial score (nSPS) is 20.0. The number of rotatable bonds is 3. The molecular formula is C19H20N2O2. The van der Waals surface area contributed by atoms with Crippen molar-refractivity contribution in [2.75, 3.05) is 6.54 Å². The lowest BCUT2D eigenvalue weighted by Crippen LogP contribution is -2.41. The maximum Gasteiger partial charge on any atom is 0.257 e. The summed E-state index contributed by atoms with van der Waals surface area (Å²) < 4.78 is 5.89. The number of benzene rings is 2. The number of hydrogen-bond donors (Lipinski definition) is 1. The zero-order valence-electron chi connectivity index (χ0n) is 12.9. The molecule has 0 radical (unpaired) electrons. The van der Waals surface area contributed by atoms with Crippen molar-refractivity contribution in [2.45, 2.75) is 31.5 Å². The summed E-state index contributed by atoms with van der Waals surface area (Å²) in [6.07, 6.45) is 2.42. The third-order valence-corrected chi connectivity index (χ3v) is 4.46. The lowest BCUT2D eigenvalue weighted by atomic mass is 9.95. The van der Waals surface area contributed by atoms with Gasteiger partial charge in [0.15, 0.2) is 0 Å². The molecule has 0 bridgehead atoms. The van der Waals surface area contributed by atoms with Gasteiger partial charge < -0.3 is 15.4 Å². The molecule has 2 aliphatic rings. The topological polar surface area (TPSA) is 55.6 Å². The molecule has 1 amide bonds. The molecule has 2 aromatic rings. The van der Waals surface area contributed by atoms with Crippen LogP contribution in [-0.4, -0.2) is 23.5 Å². The Labute approximate surface area is 135 Å². The fourth-order valence-electron chi connectivity index (χ4n) is 3.08. The highest BCUT2D eigenvalue weighted by atomic mass is 16.5. The minimum atomic E-state index is -0.139. The van der Waals surface area contributed by atoms with Gasteiger partial charge in [-0.15, -0.1) is 0 Å². The number of fused-ring (bicyclic) bond motifs is 1. The maximum absolute atomic E-state index is 13.0. The Morgan fingerprint density at radius 1 is 1.09 bits per heavy atom. The fourth-order valence-corrected chi connectivity index (χ4v) is 3.08. The first-order valence-electron chi connectivity index (χ1n) is 8.11. The number of carbonyl (C=O) groups excluding carboxylic acids is 1. The Kier molecular flexibility index (Phi) is 3.54. The molecule has 1 atom stereocenters. The first-order valence-corrected chi connectivity index (χ1v) is 8.11. The maximum atomic E-state index is 13.0. The van der Waals surface area contributed by atoms with Crippen LogP contribution in [0.2, 0.25) is 0 Å². The second-order valence-corrected chi connectivity index (χ2v) is 6.30. The summed E-state index contributed by atoms with van der Waals surface area (Å²) in [4.78, 5) is 14.8. The van der Waals surface area contributed by atoms with E-state index < -0.39 is 0 Å². The molecule has 0 spiro atoms. The fraction of sp³-hybridized carbons (Fsp3) is 0.316. The van der Waals surface area contributed by atoms with Crippen LogP contribution in [0.3, 0.4) is 0 Å². The predicted octanol–water partition coefficient (Wildman–Crippen LogP) is 2.88. The molecule has 1 fully saturated rings. The Hall–Kier alpha value is -2.33. The average molecular weight is 308 g/mol. The zero-order valence-corrected chi connectivity index (χ0v) is 12.9. The van der Waals surface area contributed by atoms with Crippen LogP contribution in [0, 0.1) is 0 Å². The molecule has 118 valence electrons. The summed E-state index contributed by atoms with van der Waals surface area (Å²) >= 11 is 0. The van der Waals surface area contributed by atoms with Crippen molar-refractivity contribution in [3.8, 4) is 5.75 Å². The largest absolute Gasteiger partial charge is 0.490 e. The molecular weight excluding hydrogens is 288 g/mol. The average Bonchev–Trinajstić information content (AvgIpc) is 3.39. The van der Waals surface area contributed by atoms with Crippen LogP contribution in [0.4, 0.5) is 0 Å². The monoisotopic (exact) mass is 308 g/mol. The minimum absolute atomic E-state index is 0.00815. The van der Waals surface area contributed by atoms with Crippen molar-refractivity contribution >= 4 is 5.91 Å². The highest BCUT2D eigenvalue weighted by Crippen LogP contribution is 2.31. The molecule has 23 heavy (non-hydrogen) atoms. The summed E-state index contributed by atoms with van der Waals surface area (Å²) in [6, 6.07) is 15.4. The standard InChI is InChI=1S/C19H20N2O2/c20-17-12-21(11-13-5-1-2-6-15(13)17)19(22)16-7-3-4-8-18(16)23-14-9-10-14/h1-8,14,17H,9-12,20H2. The van der Waals surface area contributed by atoms with Gasteiger partial charge in [-0.1, -0.05) is 36.4 Å². The summed E-state index contributed by atoms with van der Waals surface area (Å²) in [6.45, 7) is 1.13. The molecule has 1 aliphatic heterocycles. The van der Waals surface area contributed by atoms with E-state index in [0.717, 1.165) is 24.0 Å². The first-order chi connectivity index (χ1) is 11.2. The number of carbonyl (C=O) groups is 1. The summed E-state index contributed by atoms with van der Waals surface area (Å²) in [5.74, 6) is 0.679. The quantitative estimate of drug-likeness (QED) is 0.948. The van der Waals surface area contributed by atoms with Crippen molar-refractivity contribution < 1.29 is 9.53 Å². The number of para-hydroxylation sites is 1. The van der Waals surface area contributed by atoms with E-state index >= 15 is 0 Å². The minimum Gasteiger partial charge on any atom is -0.490 e. The van der Waals surface area contributed by atoms with E-state index in [2.05, 4.69) is 0 Å². The van der Waals surface area contributed by atoms with Gasteiger partial charge in [0.05, 0.1) is 11.7 Å². The van der Waals surface area contributed by atoms with E-state index in [1.807, 2.05) is 53.4 Å². The van der Waals surface area contributed by atoms with E-state index in [1.165, 1.54) is 0 Å².